The number of benzene rings is 2. The molecule has 2 aliphatic rings. The van der Waals surface area contributed by atoms with Crippen molar-refractivity contribution >= 4 is 17.8 Å². The van der Waals surface area contributed by atoms with Crippen molar-refractivity contribution < 1.29 is 24.2 Å². The molecular weight excluding hydrogens is 372 g/mol. The van der Waals surface area contributed by atoms with Crippen LogP contribution in [-0.4, -0.2) is 47.5 Å². The van der Waals surface area contributed by atoms with Crippen LogP contribution in [0.4, 0.5) is 0 Å². The van der Waals surface area contributed by atoms with Crippen molar-refractivity contribution in [2.45, 2.75) is 31.3 Å². The molecule has 0 spiro atoms. The number of carbonyl (C=O) groups is 3. The van der Waals surface area contributed by atoms with Gasteiger partial charge >= 0.3 is 5.97 Å². The van der Waals surface area contributed by atoms with E-state index in [2.05, 4.69) is 5.32 Å². The van der Waals surface area contributed by atoms with Gasteiger partial charge in [-0.1, -0.05) is 36.4 Å². The summed E-state index contributed by atoms with van der Waals surface area (Å²) in [7, 11) is 1.63. The van der Waals surface area contributed by atoms with E-state index in [1.165, 1.54) is 0 Å². The third-order valence-electron chi connectivity index (χ3n) is 5.64. The van der Waals surface area contributed by atoms with Gasteiger partial charge in [0.15, 0.2) is 0 Å². The lowest BCUT2D eigenvalue weighted by atomic mass is 9.86. The summed E-state index contributed by atoms with van der Waals surface area (Å²) in [5.74, 6) is -0.847. The van der Waals surface area contributed by atoms with Crippen LogP contribution in [0.25, 0.3) is 11.1 Å². The Bertz CT molecular complexity index is 987. The number of carbonyl (C=O) groups excluding carboxylic acids is 2. The third-order valence-corrected chi connectivity index (χ3v) is 5.64. The van der Waals surface area contributed by atoms with Crippen LogP contribution in [0.3, 0.4) is 0 Å². The maximum Gasteiger partial charge on any atom is 0.322 e. The molecule has 7 nitrogen and oxygen atoms in total. The zero-order valence-electron chi connectivity index (χ0n) is 16.1. The number of carboxylic acid groups (broad SMARTS) is 1. The van der Waals surface area contributed by atoms with Crippen molar-refractivity contribution in [3.8, 4) is 16.9 Å². The number of methoxy groups -OCH3 is 1. The van der Waals surface area contributed by atoms with E-state index in [4.69, 9.17) is 9.84 Å². The average Bonchev–Trinajstić information content (AvgIpc) is 3.12. The smallest absolute Gasteiger partial charge is 0.322 e. The molecule has 2 aliphatic heterocycles. The summed E-state index contributed by atoms with van der Waals surface area (Å²) >= 11 is 0. The highest BCUT2D eigenvalue weighted by Gasteiger charge is 2.44. The first kappa shape index (κ1) is 19.0. The van der Waals surface area contributed by atoms with Crippen LogP contribution in [0.5, 0.6) is 5.75 Å². The fourth-order valence-corrected chi connectivity index (χ4v) is 4.36. The van der Waals surface area contributed by atoms with Gasteiger partial charge in [0.05, 0.1) is 13.2 Å². The van der Waals surface area contributed by atoms with E-state index in [0.29, 0.717) is 19.3 Å². The van der Waals surface area contributed by atoms with E-state index >= 15 is 0 Å². The molecule has 2 aromatic rings. The standard InChI is InChI=1S/C22H22N2O5/c1-29-19-5-3-2-4-16(19)13-6-7-15-14(10-13)11-18(22(28)23-12-21(26)27)24-17(15)8-9-20(24)25/h2-7,10,17-18H,8-9,11-12H2,1H3,(H,23,28)(H,26,27)/t17-,18+/m1/s1. The van der Waals surface area contributed by atoms with Crippen molar-refractivity contribution in [3.63, 3.8) is 0 Å². The van der Waals surface area contributed by atoms with Crippen molar-refractivity contribution in [3.05, 3.63) is 53.6 Å². The van der Waals surface area contributed by atoms with Gasteiger partial charge in [0, 0.05) is 18.4 Å². The molecule has 2 atom stereocenters. The molecule has 0 saturated carbocycles. The Labute approximate surface area is 168 Å². The maximum atomic E-state index is 12.7. The lowest BCUT2D eigenvalue weighted by Crippen LogP contribution is -2.52. The first-order chi connectivity index (χ1) is 14.0. The molecule has 2 heterocycles. The maximum absolute atomic E-state index is 12.7. The molecule has 2 amide bonds. The molecule has 0 aromatic heterocycles. The normalized spacial score (nSPS) is 20.0. The van der Waals surface area contributed by atoms with Crippen LogP contribution in [0.15, 0.2) is 42.5 Å². The number of fused-ring (bicyclic) bond motifs is 3. The zero-order chi connectivity index (χ0) is 20.5. The van der Waals surface area contributed by atoms with E-state index in [-0.39, 0.29) is 11.9 Å². The Hall–Kier alpha value is -3.35. The molecule has 2 aromatic carbocycles. The molecule has 7 heteroatoms. The molecule has 0 unspecified atom stereocenters. The Balaban J connectivity index is 1.71. The number of amides is 2. The highest BCUT2D eigenvalue weighted by Crippen LogP contribution is 2.43. The van der Waals surface area contributed by atoms with E-state index < -0.39 is 24.5 Å². The molecule has 29 heavy (non-hydrogen) atoms. The number of carboxylic acids is 1. The first-order valence-electron chi connectivity index (χ1n) is 9.56. The molecule has 150 valence electrons. The van der Waals surface area contributed by atoms with E-state index in [9.17, 15) is 14.4 Å². The fraction of sp³-hybridized carbons (Fsp3) is 0.318. The predicted molar refractivity (Wildman–Crippen MR) is 105 cm³/mol. The van der Waals surface area contributed by atoms with Gasteiger partial charge in [-0.05, 0) is 29.2 Å². The number of para-hydroxylation sites is 1. The highest BCUT2D eigenvalue weighted by molar-refractivity contribution is 5.91. The van der Waals surface area contributed by atoms with Gasteiger partial charge in [0.2, 0.25) is 11.8 Å². The van der Waals surface area contributed by atoms with Gasteiger partial charge < -0.3 is 20.1 Å². The van der Waals surface area contributed by atoms with Crippen LogP contribution in [-0.2, 0) is 20.8 Å². The Morgan fingerprint density at radius 2 is 2.03 bits per heavy atom. The second-order valence-electron chi connectivity index (χ2n) is 7.30. The van der Waals surface area contributed by atoms with Gasteiger partial charge in [-0.25, -0.2) is 0 Å². The number of ether oxygens (including phenoxy) is 1. The molecule has 1 fully saturated rings. The zero-order valence-corrected chi connectivity index (χ0v) is 16.1. The minimum Gasteiger partial charge on any atom is -0.496 e. The Morgan fingerprint density at radius 3 is 2.79 bits per heavy atom. The van der Waals surface area contributed by atoms with Gasteiger partial charge in [0.25, 0.3) is 0 Å². The molecule has 4 rings (SSSR count). The number of nitrogens with one attached hydrogen (secondary N) is 1. The summed E-state index contributed by atoms with van der Waals surface area (Å²) in [5, 5.41) is 11.3. The minimum absolute atomic E-state index is 0.0649. The number of rotatable bonds is 5. The molecule has 0 bridgehead atoms. The summed E-state index contributed by atoms with van der Waals surface area (Å²) in [4.78, 5) is 37.6. The molecule has 1 saturated heterocycles. The Kier molecular flexibility index (Phi) is 4.96. The van der Waals surface area contributed by atoms with Crippen LogP contribution >= 0.6 is 0 Å². The topological polar surface area (TPSA) is 95.9 Å². The first-order valence-corrected chi connectivity index (χ1v) is 9.56. The predicted octanol–water partition coefficient (Wildman–Crippen LogP) is 2.15. The lowest BCUT2D eigenvalue weighted by molar-refractivity contribution is -0.142. The van der Waals surface area contributed by atoms with E-state index in [1.54, 1.807) is 12.0 Å². The third kappa shape index (κ3) is 3.44. The minimum atomic E-state index is -1.11. The quantitative estimate of drug-likeness (QED) is 0.810. The summed E-state index contributed by atoms with van der Waals surface area (Å²) in [6.07, 6.45) is 1.40. The molecule has 0 aliphatic carbocycles. The van der Waals surface area contributed by atoms with Crippen LogP contribution in [0.2, 0.25) is 0 Å². The van der Waals surface area contributed by atoms with Crippen molar-refractivity contribution in [1.29, 1.82) is 0 Å². The summed E-state index contributed by atoms with van der Waals surface area (Å²) < 4.78 is 5.47. The fourth-order valence-electron chi connectivity index (χ4n) is 4.36. The van der Waals surface area contributed by atoms with Crippen LogP contribution < -0.4 is 10.1 Å². The number of hydrogen-bond donors (Lipinski definition) is 2. The van der Waals surface area contributed by atoms with Crippen LogP contribution in [0, 0.1) is 0 Å². The van der Waals surface area contributed by atoms with Crippen molar-refractivity contribution in [2.24, 2.45) is 0 Å². The summed E-state index contributed by atoms with van der Waals surface area (Å²) in [6.45, 7) is -0.462. The van der Waals surface area contributed by atoms with E-state index in [1.807, 2.05) is 42.5 Å². The van der Waals surface area contributed by atoms with E-state index in [0.717, 1.165) is 28.0 Å². The lowest BCUT2D eigenvalue weighted by Gasteiger charge is -2.38. The van der Waals surface area contributed by atoms with Crippen molar-refractivity contribution in [1.82, 2.24) is 10.2 Å². The van der Waals surface area contributed by atoms with Crippen molar-refractivity contribution in [2.75, 3.05) is 13.7 Å². The number of hydrogen-bond acceptors (Lipinski definition) is 4. The average molecular weight is 394 g/mol. The van der Waals surface area contributed by atoms with Gasteiger partial charge in [0.1, 0.15) is 18.3 Å². The summed E-state index contributed by atoms with van der Waals surface area (Å²) in [6, 6.07) is 13.0. The molecule has 2 N–H and O–H groups in total. The monoisotopic (exact) mass is 394 g/mol. The largest absolute Gasteiger partial charge is 0.496 e. The summed E-state index contributed by atoms with van der Waals surface area (Å²) in [5.41, 5.74) is 3.98. The highest BCUT2D eigenvalue weighted by atomic mass is 16.5. The van der Waals surface area contributed by atoms with Gasteiger partial charge in [-0.3, -0.25) is 14.4 Å². The SMILES string of the molecule is COc1ccccc1-c1ccc2c(c1)C[C@@H](C(=O)NCC(=O)O)N1C(=O)CC[C@H]21. The van der Waals surface area contributed by atoms with Gasteiger partial charge in [-0.2, -0.15) is 0 Å². The molecular formula is C22H22N2O5. The number of nitrogens with zero attached hydrogens (tertiary/aromatic N) is 1. The second-order valence-corrected chi connectivity index (χ2v) is 7.30. The number of aliphatic carboxylic acids is 1. The second kappa shape index (κ2) is 7.58. The van der Waals surface area contributed by atoms with Crippen LogP contribution in [0.1, 0.15) is 30.0 Å². The molecule has 0 radical (unpaired) electrons. The Morgan fingerprint density at radius 1 is 1.24 bits per heavy atom. The van der Waals surface area contributed by atoms with Gasteiger partial charge in [-0.15, -0.1) is 0 Å².